The van der Waals surface area contributed by atoms with Crippen molar-refractivity contribution in [3.05, 3.63) is 24.0 Å². The lowest BCUT2D eigenvalue weighted by atomic mass is 10.2. The molecule has 0 aliphatic heterocycles. The van der Waals surface area contributed by atoms with Crippen molar-refractivity contribution in [3.63, 3.8) is 0 Å². The van der Waals surface area contributed by atoms with Gasteiger partial charge in [0.25, 0.3) is 0 Å². The van der Waals surface area contributed by atoms with Gasteiger partial charge in [-0.1, -0.05) is 6.92 Å². The highest BCUT2D eigenvalue weighted by Gasteiger charge is 2.08. The second-order valence-electron chi connectivity index (χ2n) is 3.94. The number of nitrogens with one attached hydrogen (secondary N) is 1. The largest absolute Gasteiger partial charge is 0.388 e. The van der Waals surface area contributed by atoms with E-state index in [0.717, 1.165) is 24.5 Å². The average molecular weight is 207 g/mol. The van der Waals surface area contributed by atoms with Crippen LogP contribution in [0, 0.1) is 0 Å². The van der Waals surface area contributed by atoms with Crippen molar-refractivity contribution in [1.82, 2.24) is 9.88 Å². The number of rotatable bonds is 5. The number of nitrogens with zero attached hydrogens (tertiary/aromatic N) is 2. The summed E-state index contributed by atoms with van der Waals surface area (Å²) in [6, 6.07) is 4.65. The topological polar surface area (TPSA) is 28.2 Å². The molecule has 1 N–H and O–H groups in total. The molecule has 0 atom stereocenters. The van der Waals surface area contributed by atoms with Gasteiger partial charge in [-0.05, 0) is 32.5 Å². The van der Waals surface area contributed by atoms with Crippen LogP contribution in [0.4, 0.5) is 5.69 Å². The quantitative estimate of drug-likeness (QED) is 0.803. The van der Waals surface area contributed by atoms with Crippen molar-refractivity contribution >= 4 is 5.69 Å². The zero-order chi connectivity index (χ0) is 11.3. The molecule has 84 valence electrons. The first-order chi connectivity index (χ1) is 7.17. The van der Waals surface area contributed by atoms with E-state index in [1.54, 1.807) is 0 Å². The molecule has 0 amide bonds. The van der Waals surface area contributed by atoms with E-state index in [4.69, 9.17) is 0 Å². The van der Waals surface area contributed by atoms with Gasteiger partial charge in [-0.2, -0.15) is 0 Å². The smallest absolute Gasteiger partial charge is 0.0564 e. The summed E-state index contributed by atoms with van der Waals surface area (Å²) in [6.07, 6.45) is 1.86. The molecule has 0 bridgehead atoms. The molecule has 0 saturated carbocycles. The van der Waals surface area contributed by atoms with Crippen LogP contribution in [0.1, 0.15) is 26.5 Å². The maximum absolute atomic E-state index is 4.38. The molecule has 0 fully saturated rings. The van der Waals surface area contributed by atoms with Crippen LogP contribution in [-0.4, -0.2) is 29.5 Å². The van der Waals surface area contributed by atoms with Crippen LogP contribution < -0.4 is 5.32 Å². The second kappa shape index (κ2) is 5.71. The number of pyridine rings is 1. The lowest BCUT2D eigenvalue weighted by Gasteiger charge is -2.24. The van der Waals surface area contributed by atoms with Crippen molar-refractivity contribution in [2.45, 2.75) is 33.4 Å². The van der Waals surface area contributed by atoms with Crippen LogP contribution in [-0.2, 0) is 6.54 Å². The number of aromatic nitrogens is 1. The summed E-state index contributed by atoms with van der Waals surface area (Å²) >= 11 is 0. The van der Waals surface area contributed by atoms with Crippen molar-refractivity contribution in [2.24, 2.45) is 0 Å². The molecular formula is C12H21N3. The summed E-state index contributed by atoms with van der Waals surface area (Å²) in [5.74, 6) is 0. The van der Waals surface area contributed by atoms with Gasteiger partial charge in [0.15, 0.2) is 0 Å². The summed E-state index contributed by atoms with van der Waals surface area (Å²) in [7, 11) is 1.93. The molecule has 0 saturated heterocycles. The lowest BCUT2D eigenvalue weighted by molar-refractivity contribution is 0.222. The van der Waals surface area contributed by atoms with E-state index in [0.29, 0.717) is 6.04 Å². The monoisotopic (exact) mass is 207 g/mol. The molecule has 0 aliphatic carbocycles. The standard InChI is InChI=1S/C12H21N3/c1-5-15(10(2)3)9-12-8-11(13-4)6-7-14-12/h6-8,10H,5,9H2,1-4H3,(H,13,14). The molecule has 1 aromatic heterocycles. The molecular weight excluding hydrogens is 186 g/mol. The van der Waals surface area contributed by atoms with Crippen molar-refractivity contribution in [3.8, 4) is 0 Å². The summed E-state index contributed by atoms with van der Waals surface area (Å²) in [6.45, 7) is 8.59. The molecule has 1 rings (SSSR count). The minimum absolute atomic E-state index is 0.565. The zero-order valence-corrected chi connectivity index (χ0v) is 10.1. The Kier molecular flexibility index (Phi) is 4.56. The Labute approximate surface area is 92.5 Å². The second-order valence-corrected chi connectivity index (χ2v) is 3.94. The molecule has 0 unspecified atom stereocenters. The zero-order valence-electron chi connectivity index (χ0n) is 10.1. The van der Waals surface area contributed by atoms with Gasteiger partial charge in [0, 0.05) is 31.5 Å². The van der Waals surface area contributed by atoms with Gasteiger partial charge in [-0.15, -0.1) is 0 Å². The van der Waals surface area contributed by atoms with Gasteiger partial charge >= 0.3 is 0 Å². The maximum atomic E-state index is 4.38. The van der Waals surface area contributed by atoms with Crippen LogP contribution in [0.25, 0.3) is 0 Å². The van der Waals surface area contributed by atoms with Crippen molar-refractivity contribution in [1.29, 1.82) is 0 Å². The van der Waals surface area contributed by atoms with Gasteiger partial charge in [-0.25, -0.2) is 0 Å². The first-order valence-corrected chi connectivity index (χ1v) is 5.54. The summed E-state index contributed by atoms with van der Waals surface area (Å²) < 4.78 is 0. The SMILES string of the molecule is CCN(Cc1cc(NC)ccn1)C(C)C. The van der Waals surface area contributed by atoms with E-state index < -0.39 is 0 Å². The Bertz CT molecular complexity index is 297. The summed E-state index contributed by atoms with van der Waals surface area (Å²) in [5.41, 5.74) is 2.25. The average Bonchev–Trinajstić information content (AvgIpc) is 2.25. The number of hydrogen-bond donors (Lipinski definition) is 1. The fraction of sp³-hybridized carbons (Fsp3) is 0.583. The van der Waals surface area contributed by atoms with Crippen LogP contribution in [0.3, 0.4) is 0 Å². The molecule has 3 heteroatoms. The van der Waals surface area contributed by atoms with E-state index in [1.165, 1.54) is 0 Å². The van der Waals surface area contributed by atoms with Crippen LogP contribution in [0.2, 0.25) is 0 Å². The van der Waals surface area contributed by atoms with E-state index >= 15 is 0 Å². The highest BCUT2D eigenvalue weighted by Crippen LogP contribution is 2.10. The lowest BCUT2D eigenvalue weighted by Crippen LogP contribution is -2.30. The Hall–Kier alpha value is -1.09. The van der Waals surface area contributed by atoms with E-state index in [9.17, 15) is 0 Å². The van der Waals surface area contributed by atoms with Crippen LogP contribution >= 0.6 is 0 Å². The molecule has 0 aliphatic rings. The minimum Gasteiger partial charge on any atom is -0.388 e. The van der Waals surface area contributed by atoms with Gasteiger partial charge < -0.3 is 5.32 Å². The van der Waals surface area contributed by atoms with Crippen molar-refractivity contribution < 1.29 is 0 Å². The Balaban J connectivity index is 2.70. The molecule has 3 nitrogen and oxygen atoms in total. The third kappa shape index (κ3) is 3.51. The Morgan fingerprint density at radius 1 is 1.47 bits per heavy atom. The van der Waals surface area contributed by atoms with Gasteiger partial charge in [0.05, 0.1) is 5.69 Å². The number of hydrogen-bond acceptors (Lipinski definition) is 3. The summed E-state index contributed by atoms with van der Waals surface area (Å²) in [4.78, 5) is 6.77. The molecule has 0 aromatic carbocycles. The maximum Gasteiger partial charge on any atom is 0.0564 e. The third-order valence-corrected chi connectivity index (χ3v) is 2.61. The first-order valence-electron chi connectivity index (χ1n) is 5.54. The van der Waals surface area contributed by atoms with E-state index in [-0.39, 0.29) is 0 Å². The van der Waals surface area contributed by atoms with Gasteiger partial charge in [-0.3, -0.25) is 9.88 Å². The fourth-order valence-corrected chi connectivity index (χ4v) is 1.59. The Morgan fingerprint density at radius 2 is 2.20 bits per heavy atom. The third-order valence-electron chi connectivity index (χ3n) is 2.61. The Morgan fingerprint density at radius 3 is 2.73 bits per heavy atom. The van der Waals surface area contributed by atoms with Crippen LogP contribution in [0.15, 0.2) is 18.3 Å². The molecule has 0 radical (unpaired) electrons. The van der Waals surface area contributed by atoms with Crippen LogP contribution in [0.5, 0.6) is 0 Å². The highest BCUT2D eigenvalue weighted by atomic mass is 15.1. The van der Waals surface area contributed by atoms with Gasteiger partial charge in [0.2, 0.25) is 0 Å². The van der Waals surface area contributed by atoms with Crippen molar-refractivity contribution in [2.75, 3.05) is 18.9 Å². The number of anilines is 1. The fourth-order valence-electron chi connectivity index (χ4n) is 1.59. The normalized spacial score (nSPS) is 11.1. The highest BCUT2D eigenvalue weighted by molar-refractivity contribution is 5.42. The molecule has 15 heavy (non-hydrogen) atoms. The van der Waals surface area contributed by atoms with E-state index in [1.807, 2.05) is 19.3 Å². The predicted octanol–water partition coefficient (Wildman–Crippen LogP) is 2.35. The minimum atomic E-state index is 0.565. The van der Waals surface area contributed by atoms with Gasteiger partial charge in [0.1, 0.15) is 0 Å². The molecule has 0 spiro atoms. The van der Waals surface area contributed by atoms with E-state index in [2.05, 4.69) is 42.0 Å². The molecule has 1 aromatic rings. The predicted molar refractivity (Wildman–Crippen MR) is 65.0 cm³/mol. The first kappa shape index (κ1) is 12.0. The molecule has 1 heterocycles. The summed E-state index contributed by atoms with van der Waals surface area (Å²) in [5, 5.41) is 3.13.